The van der Waals surface area contributed by atoms with Crippen molar-refractivity contribution in [1.82, 2.24) is 4.98 Å². The molecule has 106 valence electrons. The number of aliphatic hydroxyl groups is 1. The first-order chi connectivity index (χ1) is 10.2. The Balaban J connectivity index is 2.06. The molecule has 0 saturated heterocycles. The molecule has 2 rings (SSSR count). The normalized spacial score (nSPS) is 9.62. The van der Waals surface area contributed by atoms with Crippen molar-refractivity contribution in [3.63, 3.8) is 0 Å². The average molecular weight is 284 g/mol. The molecule has 21 heavy (non-hydrogen) atoms. The Morgan fingerprint density at radius 1 is 1.29 bits per heavy atom. The molecule has 0 aliphatic rings. The molecule has 2 N–H and O–H groups in total. The fourth-order valence-corrected chi connectivity index (χ4v) is 1.62. The van der Waals surface area contributed by atoms with Crippen molar-refractivity contribution in [2.75, 3.05) is 11.9 Å². The van der Waals surface area contributed by atoms with E-state index in [1.54, 1.807) is 24.3 Å². The molecule has 5 heteroatoms. The van der Waals surface area contributed by atoms with Gasteiger partial charge in [-0.25, -0.2) is 4.39 Å². The largest absolute Gasteiger partial charge is 0.395 e. The Kier molecular flexibility index (Phi) is 5.02. The standard InChI is InChI=1S/C16H13FN2O2/c17-15-11-18-9-8-14(15)16(21)19-13-6-4-12(5-7-13)3-1-2-10-20/h4-9,11,20H,2,10H2,(H,19,21). The molecular weight excluding hydrogens is 271 g/mol. The number of carbonyl (C=O) groups is 1. The van der Waals surface area contributed by atoms with Gasteiger partial charge in [-0.3, -0.25) is 9.78 Å². The number of aromatic nitrogens is 1. The Hall–Kier alpha value is -2.71. The van der Waals surface area contributed by atoms with Gasteiger partial charge in [0.15, 0.2) is 5.82 Å². The molecule has 0 spiro atoms. The van der Waals surface area contributed by atoms with E-state index in [9.17, 15) is 9.18 Å². The highest BCUT2D eigenvalue weighted by Gasteiger charge is 2.11. The smallest absolute Gasteiger partial charge is 0.258 e. The molecule has 0 saturated carbocycles. The summed E-state index contributed by atoms with van der Waals surface area (Å²) >= 11 is 0. The van der Waals surface area contributed by atoms with E-state index in [4.69, 9.17) is 5.11 Å². The minimum absolute atomic E-state index is 0.0264. The van der Waals surface area contributed by atoms with E-state index in [2.05, 4.69) is 22.1 Å². The van der Waals surface area contributed by atoms with Crippen molar-refractivity contribution < 1.29 is 14.3 Å². The summed E-state index contributed by atoms with van der Waals surface area (Å²) in [6.07, 6.45) is 2.77. The molecule has 0 bridgehead atoms. The summed E-state index contributed by atoms with van der Waals surface area (Å²) in [4.78, 5) is 15.5. The minimum Gasteiger partial charge on any atom is -0.395 e. The first-order valence-corrected chi connectivity index (χ1v) is 6.31. The molecular formula is C16H13FN2O2. The molecule has 1 aromatic heterocycles. The Bertz CT molecular complexity index is 687. The van der Waals surface area contributed by atoms with Crippen LogP contribution in [0.25, 0.3) is 0 Å². The molecule has 0 fully saturated rings. The molecule has 0 aliphatic carbocycles. The van der Waals surface area contributed by atoms with Crippen molar-refractivity contribution in [3.8, 4) is 11.8 Å². The Labute approximate surface area is 121 Å². The lowest BCUT2D eigenvalue weighted by atomic mass is 10.2. The second-order valence-electron chi connectivity index (χ2n) is 4.16. The van der Waals surface area contributed by atoms with Crippen LogP contribution in [0.1, 0.15) is 22.3 Å². The maximum Gasteiger partial charge on any atom is 0.258 e. The first kappa shape index (κ1) is 14.7. The minimum atomic E-state index is -0.665. The second kappa shape index (κ2) is 7.17. The molecule has 1 amide bonds. The number of pyridine rings is 1. The topological polar surface area (TPSA) is 62.2 Å². The van der Waals surface area contributed by atoms with Crippen molar-refractivity contribution in [3.05, 3.63) is 59.7 Å². The van der Waals surface area contributed by atoms with Gasteiger partial charge in [-0.15, -0.1) is 0 Å². The van der Waals surface area contributed by atoms with Gasteiger partial charge in [-0.05, 0) is 30.3 Å². The molecule has 4 nitrogen and oxygen atoms in total. The van der Waals surface area contributed by atoms with Crippen molar-refractivity contribution in [2.24, 2.45) is 0 Å². The molecule has 0 radical (unpaired) electrons. The highest BCUT2D eigenvalue weighted by atomic mass is 19.1. The molecule has 0 unspecified atom stereocenters. The number of nitrogens with zero attached hydrogens (tertiary/aromatic N) is 1. The fourth-order valence-electron chi connectivity index (χ4n) is 1.62. The summed E-state index contributed by atoms with van der Waals surface area (Å²) in [6.45, 7) is 0.0264. The van der Waals surface area contributed by atoms with Crippen LogP contribution in [0.15, 0.2) is 42.7 Å². The van der Waals surface area contributed by atoms with Crippen LogP contribution < -0.4 is 5.32 Å². The lowest BCUT2D eigenvalue weighted by Gasteiger charge is -2.05. The predicted molar refractivity (Wildman–Crippen MR) is 77.2 cm³/mol. The van der Waals surface area contributed by atoms with E-state index >= 15 is 0 Å². The lowest BCUT2D eigenvalue weighted by molar-refractivity contribution is 0.102. The fraction of sp³-hybridized carbons (Fsp3) is 0.125. The average Bonchev–Trinajstić information content (AvgIpc) is 2.49. The lowest BCUT2D eigenvalue weighted by Crippen LogP contribution is -2.13. The highest BCUT2D eigenvalue weighted by Crippen LogP contribution is 2.12. The summed E-state index contributed by atoms with van der Waals surface area (Å²) in [6, 6.07) is 8.16. The van der Waals surface area contributed by atoms with Crippen LogP contribution in [0.2, 0.25) is 0 Å². The third kappa shape index (κ3) is 4.13. The van der Waals surface area contributed by atoms with E-state index in [-0.39, 0.29) is 12.2 Å². The van der Waals surface area contributed by atoms with Crippen LogP contribution in [0.5, 0.6) is 0 Å². The second-order valence-corrected chi connectivity index (χ2v) is 4.16. The number of halogens is 1. The third-order valence-electron chi connectivity index (χ3n) is 2.63. The van der Waals surface area contributed by atoms with Gasteiger partial charge in [0, 0.05) is 23.9 Å². The monoisotopic (exact) mass is 284 g/mol. The number of rotatable bonds is 3. The van der Waals surface area contributed by atoms with Crippen LogP contribution in [0, 0.1) is 17.7 Å². The van der Waals surface area contributed by atoms with Gasteiger partial charge < -0.3 is 10.4 Å². The number of carbonyl (C=O) groups excluding carboxylic acids is 1. The number of hydrogen-bond donors (Lipinski definition) is 2. The van der Waals surface area contributed by atoms with Crippen LogP contribution in [-0.4, -0.2) is 22.6 Å². The zero-order valence-electron chi connectivity index (χ0n) is 11.1. The van der Waals surface area contributed by atoms with Crippen molar-refractivity contribution in [2.45, 2.75) is 6.42 Å². The zero-order chi connectivity index (χ0) is 15.1. The predicted octanol–water partition coefficient (Wildman–Crippen LogP) is 2.21. The van der Waals surface area contributed by atoms with Crippen molar-refractivity contribution >= 4 is 11.6 Å². The van der Waals surface area contributed by atoms with Gasteiger partial charge in [0.1, 0.15) is 0 Å². The number of benzene rings is 1. The first-order valence-electron chi connectivity index (χ1n) is 6.31. The van der Waals surface area contributed by atoms with E-state index in [1.165, 1.54) is 12.3 Å². The van der Waals surface area contributed by atoms with E-state index in [0.29, 0.717) is 12.1 Å². The van der Waals surface area contributed by atoms with Gasteiger partial charge in [-0.1, -0.05) is 11.8 Å². The highest BCUT2D eigenvalue weighted by molar-refractivity contribution is 6.04. The SMILES string of the molecule is O=C(Nc1ccc(C#CCCO)cc1)c1ccncc1F. The van der Waals surface area contributed by atoms with Gasteiger partial charge >= 0.3 is 0 Å². The summed E-state index contributed by atoms with van der Waals surface area (Å²) in [5.74, 6) is 4.48. The Morgan fingerprint density at radius 2 is 2.05 bits per heavy atom. The summed E-state index contributed by atoms with van der Waals surface area (Å²) in [5.41, 5.74) is 1.26. The van der Waals surface area contributed by atoms with E-state index in [1.807, 2.05) is 0 Å². The number of amides is 1. The van der Waals surface area contributed by atoms with Crippen LogP contribution >= 0.6 is 0 Å². The third-order valence-corrected chi connectivity index (χ3v) is 2.63. The van der Waals surface area contributed by atoms with E-state index < -0.39 is 11.7 Å². The summed E-state index contributed by atoms with van der Waals surface area (Å²) in [5, 5.41) is 11.2. The molecule has 1 aromatic carbocycles. The zero-order valence-corrected chi connectivity index (χ0v) is 11.1. The molecule has 0 aliphatic heterocycles. The van der Waals surface area contributed by atoms with Crippen LogP contribution in [0.3, 0.4) is 0 Å². The number of aliphatic hydroxyl groups excluding tert-OH is 1. The van der Waals surface area contributed by atoms with E-state index in [0.717, 1.165) is 11.8 Å². The number of hydrogen-bond acceptors (Lipinski definition) is 3. The van der Waals surface area contributed by atoms with Crippen LogP contribution in [0.4, 0.5) is 10.1 Å². The molecule has 1 heterocycles. The maximum absolute atomic E-state index is 13.4. The molecule has 2 aromatic rings. The van der Waals surface area contributed by atoms with Gasteiger partial charge in [-0.2, -0.15) is 0 Å². The van der Waals surface area contributed by atoms with Gasteiger partial charge in [0.05, 0.1) is 18.4 Å². The Morgan fingerprint density at radius 3 is 2.71 bits per heavy atom. The maximum atomic E-state index is 13.4. The van der Waals surface area contributed by atoms with Crippen molar-refractivity contribution in [1.29, 1.82) is 0 Å². The number of anilines is 1. The van der Waals surface area contributed by atoms with Gasteiger partial charge in [0.25, 0.3) is 5.91 Å². The summed E-state index contributed by atoms with van der Waals surface area (Å²) in [7, 11) is 0. The number of nitrogens with one attached hydrogen (secondary N) is 1. The molecule has 0 atom stereocenters. The quantitative estimate of drug-likeness (QED) is 0.849. The summed E-state index contributed by atoms with van der Waals surface area (Å²) < 4.78 is 13.4. The van der Waals surface area contributed by atoms with Gasteiger partial charge in [0.2, 0.25) is 0 Å². The van der Waals surface area contributed by atoms with Crippen LogP contribution in [-0.2, 0) is 0 Å².